The molecule has 2 amide bonds. The highest BCUT2D eigenvalue weighted by Crippen LogP contribution is 2.15. The fraction of sp³-hybridized carbons (Fsp3) is 0.333. The highest BCUT2D eigenvalue weighted by atomic mass is 35.5. The molecule has 2 N–H and O–H groups in total. The zero-order valence-corrected chi connectivity index (χ0v) is 14.3. The van der Waals surface area contributed by atoms with Gasteiger partial charge < -0.3 is 15.2 Å². The second-order valence-electron chi connectivity index (χ2n) is 6.18. The standard InChI is InChI=1S/C18H20ClN3O2/c1-12-7-16(20-10-12)18(24)21-15-9-17(23)22(11-15)6-5-13-3-2-4-14(19)8-13/h2-4,7-8,10,15,20H,5-6,9,11H2,1H3,(H,21,24). The van der Waals surface area contributed by atoms with Crippen molar-refractivity contribution in [1.29, 1.82) is 0 Å². The molecule has 1 atom stereocenters. The molecule has 1 unspecified atom stereocenters. The van der Waals surface area contributed by atoms with Crippen LogP contribution in [0.2, 0.25) is 5.02 Å². The Balaban J connectivity index is 1.53. The molecule has 2 heterocycles. The smallest absolute Gasteiger partial charge is 0.267 e. The molecule has 6 heteroatoms. The van der Waals surface area contributed by atoms with E-state index in [4.69, 9.17) is 11.6 Å². The summed E-state index contributed by atoms with van der Waals surface area (Å²) in [5, 5.41) is 3.62. The number of rotatable bonds is 5. The predicted molar refractivity (Wildman–Crippen MR) is 93.1 cm³/mol. The van der Waals surface area contributed by atoms with Crippen molar-refractivity contribution in [1.82, 2.24) is 15.2 Å². The van der Waals surface area contributed by atoms with Crippen molar-refractivity contribution in [3.63, 3.8) is 0 Å². The van der Waals surface area contributed by atoms with Crippen LogP contribution in [-0.2, 0) is 11.2 Å². The lowest BCUT2D eigenvalue weighted by Gasteiger charge is -2.17. The van der Waals surface area contributed by atoms with Crippen LogP contribution in [0.4, 0.5) is 0 Å². The number of benzene rings is 1. The maximum Gasteiger partial charge on any atom is 0.267 e. The van der Waals surface area contributed by atoms with Gasteiger partial charge in [0.25, 0.3) is 5.91 Å². The van der Waals surface area contributed by atoms with Gasteiger partial charge in [0.1, 0.15) is 5.69 Å². The number of nitrogens with one attached hydrogen (secondary N) is 2. The molecule has 1 aliphatic heterocycles. The summed E-state index contributed by atoms with van der Waals surface area (Å²) in [6, 6.07) is 9.30. The molecule has 0 spiro atoms. The lowest BCUT2D eigenvalue weighted by molar-refractivity contribution is -0.127. The number of hydrogen-bond donors (Lipinski definition) is 2. The monoisotopic (exact) mass is 345 g/mol. The molecule has 0 aliphatic carbocycles. The van der Waals surface area contributed by atoms with E-state index in [9.17, 15) is 9.59 Å². The van der Waals surface area contributed by atoms with E-state index in [1.54, 1.807) is 17.2 Å². The van der Waals surface area contributed by atoms with Crippen LogP contribution < -0.4 is 5.32 Å². The molecule has 2 aromatic rings. The third-order valence-electron chi connectivity index (χ3n) is 4.18. The molecule has 0 bridgehead atoms. The highest BCUT2D eigenvalue weighted by molar-refractivity contribution is 6.30. The summed E-state index contributed by atoms with van der Waals surface area (Å²) in [5.74, 6) is -0.0948. The fourth-order valence-electron chi connectivity index (χ4n) is 2.94. The molecule has 126 valence electrons. The number of likely N-dealkylation sites (tertiary alicyclic amines) is 1. The molecule has 0 radical (unpaired) electrons. The molecule has 3 rings (SSSR count). The van der Waals surface area contributed by atoms with Gasteiger partial charge in [0.15, 0.2) is 0 Å². The van der Waals surface area contributed by atoms with Gasteiger partial charge in [-0.1, -0.05) is 23.7 Å². The number of aromatic nitrogens is 1. The number of aromatic amines is 1. The molecule has 1 fully saturated rings. The largest absolute Gasteiger partial charge is 0.357 e. The summed E-state index contributed by atoms with van der Waals surface area (Å²) in [5.41, 5.74) is 2.63. The molecule has 5 nitrogen and oxygen atoms in total. The van der Waals surface area contributed by atoms with Gasteiger partial charge in [0.05, 0.1) is 6.04 Å². The Morgan fingerprint density at radius 3 is 2.96 bits per heavy atom. The molecular formula is C18H20ClN3O2. The number of halogens is 1. The average molecular weight is 346 g/mol. The van der Waals surface area contributed by atoms with Gasteiger partial charge in [-0.25, -0.2) is 0 Å². The number of H-pyrrole nitrogens is 1. The van der Waals surface area contributed by atoms with E-state index in [0.29, 0.717) is 30.2 Å². The van der Waals surface area contributed by atoms with Gasteiger partial charge in [-0.3, -0.25) is 9.59 Å². The van der Waals surface area contributed by atoms with Crippen molar-refractivity contribution in [3.05, 3.63) is 58.4 Å². The number of nitrogens with zero attached hydrogens (tertiary/aromatic N) is 1. The van der Waals surface area contributed by atoms with Crippen LogP contribution in [0.25, 0.3) is 0 Å². The van der Waals surface area contributed by atoms with E-state index in [0.717, 1.165) is 17.5 Å². The van der Waals surface area contributed by atoms with Crippen molar-refractivity contribution in [3.8, 4) is 0 Å². The van der Waals surface area contributed by atoms with E-state index >= 15 is 0 Å². The van der Waals surface area contributed by atoms with Crippen molar-refractivity contribution in [2.45, 2.75) is 25.8 Å². The van der Waals surface area contributed by atoms with Crippen LogP contribution in [0, 0.1) is 6.92 Å². The van der Waals surface area contributed by atoms with Crippen LogP contribution in [0.5, 0.6) is 0 Å². The number of carbonyl (C=O) groups is 2. The SMILES string of the molecule is Cc1c[nH]c(C(=O)NC2CC(=O)N(CCc3cccc(Cl)c3)C2)c1. The van der Waals surface area contributed by atoms with Gasteiger partial charge in [0.2, 0.25) is 5.91 Å². The molecule has 24 heavy (non-hydrogen) atoms. The summed E-state index contributed by atoms with van der Waals surface area (Å²) in [4.78, 5) is 29.0. The Labute approximate surface area is 146 Å². The molecule has 0 saturated carbocycles. The van der Waals surface area contributed by atoms with Gasteiger partial charge in [-0.15, -0.1) is 0 Å². The number of amides is 2. The Hall–Kier alpha value is -2.27. The predicted octanol–water partition coefficient (Wildman–Crippen LogP) is 2.55. The average Bonchev–Trinajstić information content (AvgIpc) is 3.11. The summed E-state index contributed by atoms with van der Waals surface area (Å²) in [7, 11) is 0. The van der Waals surface area contributed by atoms with Gasteiger partial charge in [-0.2, -0.15) is 0 Å². The van der Waals surface area contributed by atoms with Gasteiger partial charge in [0, 0.05) is 30.7 Å². The van der Waals surface area contributed by atoms with Crippen LogP contribution in [0.1, 0.15) is 28.0 Å². The van der Waals surface area contributed by atoms with Gasteiger partial charge >= 0.3 is 0 Å². The Morgan fingerprint density at radius 1 is 1.42 bits per heavy atom. The first kappa shape index (κ1) is 16.6. The third-order valence-corrected chi connectivity index (χ3v) is 4.42. The molecule has 1 aromatic carbocycles. The van der Waals surface area contributed by atoms with Crippen LogP contribution >= 0.6 is 11.6 Å². The zero-order chi connectivity index (χ0) is 17.1. The van der Waals surface area contributed by atoms with Gasteiger partial charge in [-0.05, 0) is 42.7 Å². The van der Waals surface area contributed by atoms with E-state index in [2.05, 4.69) is 10.3 Å². The maximum absolute atomic E-state index is 12.2. The molecule has 1 aromatic heterocycles. The topological polar surface area (TPSA) is 65.2 Å². The maximum atomic E-state index is 12.2. The lowest BCUT2D eigenvalue weighted by Crippen LogP contribution is -2.37. The third kappa shape index (κ3) is 3.97. The van der Waals surface area contributed by atoms with E-state index in [-0.39, 0.29) is 17.9 Å². The van der Waals surface area contributed by atoms with Crippen molar-refractivity contribution in [2.24, 2.45) is 0 Å². The first-order valence-electron chi connectivity index (χ1n) is 7.99. The molecular weight excluding hydrogens is 326 g/mol. The summed E-state index contributed by atoms with van der Waals surface area (Å²) >= 11 is 5.98. The Morgan fingerprint density at radius 2 is 2.25 bits per heavy atom. The number of hydrogen-bond acceptors (Lipinski definition) is 2. The first-order valence-corrected chi connectivity index (χ1v) is 8.37. The minimum atomic E-state index is -0.169. The van der Waals surface area contributed by atoms with Crippen molar-refractivity contribution >= 4 is 23.4 Å². The highest BCUT2D eigenvalue weighted by Gasteiger charge is 2.30. The second-order valence-corrected chi connectivity index (χ2v) is 6.62. The van der Waals surface area contributed by atoms with E-state index in [1.807, 2.05) is 31.2 Å². The molecule has 1 saturated heterocycles. The van der Waals surface area contributed by atoms with E-state index < -0.39 is 0 Å². The number of carbonyl (C=O) groups excluding carboxylic acids is 2. The molecule has 1 aliphatic rings. The summed E-state index contributed by atoms with van der Waals surface area (Å²) in [6.07, 6.45) is 2.88. The normalized spacial score (nSPS) is 17.3. The Kier molecular flexibility index (Phi) is 4.90. The first-order chi connectivity index (χ1) is 11.5. The quantitative estimate of drug-likeness (QED) is 0.874. The minimum Gasteiger partial charge on any atom is -0.357 e. The van der Waals surface area contributed by atoms with Crippen LogP contribution in [-0.4, -0.2) is 40.8 Å². The lowest BCUT2D eigenvalue weighted by atomic mass is 10.1. The summed E-state index contributed by atoms with van der Waals surface area (Å²) in [6.45, 7) is 3.10. The summed E-state index contributed by atoms with van der Waals surface area (Å²) < 4.78 is 0. The number of aryl methyl sites for hydroxylation is 1. The minimum absolute atomic E-state index is 0.0741. The van der Waals surface area contributed by atoms with Crippen molar-refractivity contribution < 1.29 is 9.59 Å². The second kappa shape index (κ2) is 7.09. The fourth-order valence-corrected chi connectivity index (χ4v) is 3.15. The van der Waals surface area contributed by atoms with E-state index in [1.165, 1.54) is 0 Å². The zero-order valence-electron chi connectivity index (χ0n) is 13.5. The van der Waals surface area contributed by atoms with Crippen molar-refractivity contribution in [2.75, 3.05) is 13.1 Å². The van der Waals surface area contributed by atoms with Crippen LogP contribution in [0.3, 0.4) is 0 Å². The van der Waals surface area contributed by atoms with Crippen LogP contribution in [0.15, 0.2) is 36.5 Å². The Bertz CT molecular complexity index is 756.